The van der Waals surface area contributed by atoms with Crippen molar-refractivity contribution in [3.05, 3.63) is 0 Å². The Bertz CT molecular complexity index is 214. The average Bonchev–Trinajstić information content (AvgIpc) is 2.67. The molecule has 74 valence electrons. The summed E-state index contributed by atoms with van der Waals surface area (Å²) in [5.41, 5.74) is 0. The number of carbonyl (C=O) groups is 1. The standard InChI is InChI=1S/C10H16O3/c1-3-7-6-5-12-10(11)9(6)8(4-2)13-7/h6-9H,3-5H2,1-2H3/t6-,7-,8+,9-/m0/s1. The summed E-state index contributed by atoms with van der Waals surface area (Å²) >= 11 is 0. The molecular formula is C10H16O3. The first-order valence-electron chi connectivity index (χ1n) is 5.10. The van der Waals surface area contributed by atoms with Crippen LogP contribution in [0.4, 0.5) is 0 Å². The van der Waals surface area contributed by atoms with E-state index < -0.39 is 0 Å². The Labute approximate surface area is 78.4 Å². The van der Waals surface area contributed by atoms with Crippen LogP contribution in [-0.2, 0) is 14.3 Å². The normalized spacial score (nSPS) is 43.4. The van der Waals surface area contributed by atoms with Gasteiger partial charge < -0.3 is 9.47 Å². The van der Waals surface area contributed by atoms with Gasteiger partial charge in [-0.15, -0.1) is 0 Å². The van der Waals surface area contributed by atoms with Crippen LogP contribution in [0.25, 0.3) is 0 Å². The van der Waals surface area contributed by atoms with Gasteiger partial charge in [0.05, 0.1) is 24.7 Å². The molecule has 3 nitrogen and oxygen atoms in total. The molecule has 2 saturated heterocycles. The molecular weight excluding hydrogens is 168 g/mol. The molecule has 0 N–H and O–H groups in total. The molecule has 13 heavy (non-hydrogen) atoms. The van der Waals surface area contributed by atoms with Crippen molar-refractivity contribution >= 4 is 5.97 Å². The summed E-state index contributed by atoms with van der Waals surface area (Å²) < 4.78 is 10.9. The van der Waals surface area contributed by atoms with Crippen LogP contribution in [0.2, 0.25) is 0 Å². The SMILES string of the molecule is CC[C@@H]1O[C@H](CC)[C@H]2C(=O)OC[C@H]21. The van der Waals surface area contributed by atoms with Crippen LogP contribution in [0.15, 0.2) is 0 Å². The van der Waals surface area contributed by atoms with Gasteiger partial charge in [0.2, 0.25) is 0 Å². The predicted molar refractivity (Wildman–Crippen MR) is 47.2 cm³/mol. The molecule has 2 aliphatic heterocycles. The maximum absolute atomic E-state index is 11.4. The van der Waals surface area contributed by atoms with Gasteiger partial charge in [-0.3, -0.25) is 4.79 Å². The molecule has 4 atom stereocenters. The van der Waals surface area contributed by atoms with Crippen molar-refractivity contribution in [1.29, 1.82) is 0 Å². The molecule has 0 aromatic heterocycles. The maximum atomic E-state index is 11.4. The average molecular weight is 184 g/mol. The van der Waals surface area contributed by atoms with E-state index in [0.717, 1.165) is 12.8 Å². The number of hydrogen-bond donors (Lipinski definition) is 0. The Hall–Kier alpha value is -0.570. The topological polar surface area (TPSA) is 35.5 Å². The van der Waals surface area contributed by atoms with Gasteiger partial charge in [0, 0.05) is 5.92 Å². The lowest BCUT2D eigenvalue weighted by Gasteiger charge is -2.13. The van der Waals surface area contributed by atoms with Gasteiger partial charge in [-0.05, 0) is 12.8 Å². The van der Waals surface area contributed by atoms with Crippen molar-refractivity contribution in [3.63, 3.8) is 0 Å². The molecule has 2 aliphatic rings. The second-order valence-corrected chi connectivity index (χ2v) is 3.85. The highest BCUT2D eigenvalue weighted by Gasteiger charge is 2.51. The van der Waals surface area contributed by atoms with Crippen LogP contribution in [0, 0.1) is 11.8 Å². The van der Waals surface area contributed by atoms with E-state index in [1.807, 2.05) is 0 Å². The Morgan fingerprint density at radius 3 is 2.62 bits per heavy atom. The lowest BCUT2D eigenvalue weighted by molar-refractivity contribution is -0.144. The number of ether oxygens (including phenoxy) is 2. The lowest BCUT2D eigenvalue weighted by Crippen LogP contribution is -2.23. The molecule has 0 unspecified atom stereocenters. The van der Waals surface area contributed by atoms with E-state index in [-0.39, 0.29) is 24.1 Å². The van der Waals surface area contributed by atoms with Gasteiger partial charge in [0.15, 0.2) is 0 Å². The van der Waals surface area contributed by atoms with Crippen LogP contribution in [0.5, 0.6) is 0 Å². The number of carbonyl (C=O) groups excluding carboxylic acids is 1. The summed E-state index contributed by atoms with van der Waals surface area (Å²) in [7, 11) is 0. The summed E-state index contributed by atoms with van der Waals surface area (Å²) in [6.07, 6.45) is 2.23. The van der Waals surface area contributed by atoms with Gasteiger partial charge in [-0.2, -0.15) is 0 Å². The number of esters is 1. The summed E-state index contributed by atoms with van der Waals surface area (Å²) in [5.74, 6) is 0.296. The lowest BCUT2D eigenvalue weighted by atomic mass is 9.88. The van der Waals surface area contributed by atoms with Gasteiger partial charge >= 0.3 is 5.97 Å². The number of cyclic esters (lactones) is 1. The van der Waals surface area contributed by atoms with Gasteiger partial charge in [0.25, 0.3) is 0 Å². The third-order valence-corrected chi connectivity index (χ3v) is 3.18. The third-order valence-electron chi connectivity index (χ3n) is 3.18. The first kappa shape index (κ1) is 9.00. The molecule has 0 amide bonds. The van der Waals surface area contributed by atoms with Crippen LogP contribution < -0.4 is 0 Å². The molecule has 0 aliphatic carbocycles. The molecule has 3 heteroatoms. The summed E-state index contributed by atoms with van der Waals surface area (Å²) in [6.45, 7) is 4.73. The molecule has 0 bridgehead atoms. The first-order chi connectivity index (χ1) is 6.27. The molecule has 0 radical (unpaired) electrons. The zero-order valence-corrected chi connectivity index (χ0v) is 8.16. The maximum Gasteiger partial charge on any atom is 0.312 e. The van der Waals surface area contributed by atoms with Crippen molar-refractivity contribution in [2.75, 3.05) is 6.61 Å². The van der Waals surface area contributed by atoms with Gasteiger partial charge in [-0.1, -0.05) is 13.8 Å². The van der Waals surface area contributed by atoms with Crippen LogP contribution in [0.3, 0.4) is 0 Å². The number of fused-ring (bicyclic) bond motifs is 1. The van der Waals surface area contributed by atoms with Gasteiger partial charge in [0.1, 0.15) is 0 Å². The summed E-state index contributed by atoms with van der Waals surface area (Å²) in [5, 5.41) is 0. The van der Waals surface area contributed by atoms with E-state index in [1.165, 1.54) is 0 Å². The second kappa shape index (κ2) is 3.29. The fourth-order valence-corrected chi connectivity index (χ4v) is 2.48. The Balaban J connectivity index is 2.16. The largest absolute Gasteiger partial charge is 0.465 e. The predicted octanol–water partition coefficient (Wildman–Crippen LogP) is 1.36. The van der Waals surface area contributed by atoms with Crippen LogP contribution >= 0.6 is 0 Å². The highest BCUT2D eigenvalue weighted by Crippen LogP contribution is 2.40. The van der Waals surface area contributed by atoms with Crippen LogP contribution in [-0.4, -0.2) is 24.8 Å². The molecule has 2 fully saturated rings. The zero-order chi connectivity index (χ0) is 9.42. The Morgan fingerprint density at radius 2 is 2.00 bits per heavy atom. The third kappa shape index (κ3) is 1.26. The fraction of sp³-hybridized carbons (Fsp3) is 0.900. The minimum absolute atomic E-state index is 0.0231. The minimum Gasteiger partial charge on any atom is -0.465 e. The molecule has 0 spiro atoms. The first-order valence-corrected chi connectivity index (χ1v) is 5.10. The van der Waals surface area contributed by atoms with Crippen LogP contribution in [0.1, 0.15) is 26.7 Å². The Kier molecular flexibility index (Phi) is 2.28. The summed E-state index contributed by atoms with van der Waals surface area (Å²) in [6, 6.07) is 0. The highest BCUT2D eigenvalue weighted by atomic mass is 16.6. The number of rotatable bonds is 2. The van der Waals surface area contributed by atoms with E-state index in [4.69, 9.17) is 9.47 Å². The van der Waals surface area contributed by atoms with E-state index >= 15 is 0 Å². The van der Waals surface area contributed by atoms with Crippen molar-refractivity contribution < 1.29 is 14.3 Å². The number of hydrogen-bond acceptors (Lipinski definition) is 3. The summed E-state index contributed by atoms with van der Waals surface area (Å²) in [4.78, 5) is 11.4. The fourth-order valence-electron chi connectivity index (χ4n) is 2.48. The molecule has 0 aromatic rings. The van der Waals surface area contributed by atoms with Crippen molar-refractivity contribution in [1.82, 2.24) is 0 Å². The molecule has 0 aromatic carbocycles. The van der Waals surface area contributed by atoms with E-state index in [0.29, 0.717) is 12.5 Å². The second-order valence-electron chi connectivity index (χ2n) is 3.85. The monoisotopic (exact) mass is 184 g/mol. The quantitative estimate of drug-likeness (QED) is 0.608. The van der Waals surface area contributed by atoms with Gasteiger partial charge in [-0.25, -0.2) is 0 Å². The molecule has 2 rings (SSSR count). The zero-order valence-electron chi connectivity index (χ0n) is 8.16. The Morgan fingerprint density at radius 1 is 1.31 bits per heavy atom. The smallest absolute Gasteiger partial charge is 0.312 e. The molecule has 2 heterocycles. The molecule has 0 saturated carbocycles. The van der Waals surface area contributed by atoms with E-state index in [2.05, 4.69) is 13.8 Å². The van der Waals surface area contributed by atoms with Crippen molar-refractivity contribution in [2.24, 2.45) is 11.8 Å². The van der Waals surface area contributed by atoms with Crippen molar-refractivity contribution in [3.8, 4) is 0 Å². The van der Waals surface area contributed by atoms with E-state index in [9.17, 15) is 4.79 Å². The highest BCUT2D eigenvalue weighted by molar-refractivity contribution is 5.76. The minimum atomic E-state index is -0.0483. The van der Waals surface area contributed by atoms with Crippen molar-refractivity contribution in [2.45, 2.75) is 38.9 Å². The van der Waals surface area contributed by atoms with E-state index in [1.54, 1.807) is 0 Å².